The van der Waals surface area contributed by atoms with Gasteiger partial charge < -0.3 is 24.8 Å². The number of halogens is 2. The summed E-state index contributed by atoms with van der Waals surface area (Å²) in [6.07, 6.45) is 6.02. The molecule has 20 heavy (non-hydrogen) atoms. The van der Waals surface area contributed by atoms with Gasteiger partial charge in [-0.25, -0.2) is 0 Å². The fourth-order valence-corrected chi connectivity index (χ4v) is 13.6. The molecule has 1 heterocycles. The molecule has 1 saturated heterocycles. The topological polar surface area (TPSA) is 0 Å². The van der Waals surface area contributed by atoms with E-state index in [2.05, 4.69) is 46.8 Å². The number of hydrogen-bond acceptors (Lipinski definition) is 0. The molecule has 2 aliphatic carbocycles. The molecule has 0 nitrogen and oxygen atoms in total. The first-order valence-corrected chi connectivity index (χ1v) is 11.0. The predicted molar refractivity (Wildman–Crippen MR) is 76.3 cm³/mol. The fourth-order valence-electron chi connectivity index (χ4n) is 4.18. The Morgan fingerprint density at radius 1 is 1.00 bits per heavy atom. The van der Waals surface area contributed by atoms with E-state index in [1.54, 1.807) is 31.7 Å². The monoisotopic (exact) mass is 346 g/mol. The average molecular weight is 347 g/mol. The third-order valence-corrected chi connectivity index (χ3v) is 13.6. The molecule has 0 radical (unpaired) electrons. The van der Waals surface area contributed by atoms with E-state index in [4.69, 9.17) is 0 Å². The summed E-state index contributed by atoms with van der Waals surface area (Å²) in [6, 6.07) is 0. The molecule has 0 aromatic heterocycles. The third kappa shape index (κ3) is 2.43. The summed E-state index contributed by atoms with van der Waals surface area (Å²) < 4.78 is 6.96. The van der Waals surface area contributed by atoms with Crippen LogP contribution in [0.3, 0.4) is 0 Å². The second-order valence-corrected chi connectivity index (χ2v) is 13.1. The second-order valence-electron chi connectivity index (χ2n) is 6.42. The molecular weight excluding hydrogens is 323 g/mol. The van der Waals surface area contributed by atoms with Crippen molar-refractivity contribution in [3.63, 3.8) is 0 Å². The van der Waals surface area contributed by atoms with Gasteiger partial charge in [-0.2, -0.15) is 0 Å². The van der Waals surface area contributed by atoms with Crippen molar-refractivity contribution >= 4 is 0 Å². The van der Waals surface area contributed by atoms with Crippen LogP contribution in [0.1, 0.15) is 41.0 Å². The quantitative estimate of drug-likeness (QED) is 0.591. The van der Waals surface area contributed by atoms with Crippen molar-refractivity contribution in [1.82, 2.24) is 0 Å². The molecule has 3 rings (SSSR count). The zero-order chi connectivity index (χ0) is 13.1. The first-order chi connectivity index (χ1) is 8.49. The van der Waals surface area contributed by atoms with Gasteiger partial charge in [0.2, 0.25) is 0 Å². The largest absolute Gasteiger partial charge is 1.00 e. The molecule has 0 saturated carbocycles. The van der Waals surface area contributed by atoms with E-state index in [9.17, 15) is 0 Å². The summed E-state index contributed by atoms with van der Waals surface area (Å²) in [4.78, 5) is 0. The van der Waals surface area contributed by atoms with Crippen LogP contribution in [0.25, 0.3) is 0 Å². The maximum atomic E-state index is 2.45. The minimum Gasteiger partial charge on any atom is -1.00 e. The van der Waals surface area contributed by atoms with Crippen LogP contribution >= 0.6 is 0 Å². The molecule has 1 unspecified atom stereocenters. The van der Waals surface area contributed by atoms with Gasteiger partial charge in [-0.15, -0.1) is 0 Å². The van der Waals surface area contributed by atoms with Gasteiger partial charge in [0.25, 0.3) is 0 Å². The minimum atomic E-state index is -1.78. The molecule has 0 spiro atoms. The summed E-state index contributed by atoms with van der Waals surface area (Å²) in [6.45, 7) is 11.9. The predicted octanol–water partition coefficient (Wildman–Crippen LogP) is -0.507. The Hall–Kier alpha value is 0.254. The summed E-state index contributed by atoms with van der Waals surface area (Å²) in [5, 5.41) is 0. The Morgan fingerprint density at radius 2 is 1.60 bits per heavy atom. The normalized spacial score (nSPS) is 25.4. The maximum Gasteiger partial charge on any atom is -1.00 e. The summed E-state index contributed by atoms with van der Waals surface area (Å²) in [7, 11) is 0. The van der Waals surface area contributed by atoms with Crippen LogP contribution in [0.15, 0.2) is 42.2 Å². The molecule has 3 heteroatoms. The van der Waals surface area contributed by atoms with Crippen LogP contribution in [0.5, 0.6) is 0 Å². The number of hydrogen-bond donors (Lipinski definition) is 0. The molecular formula is C17H24Cl2Ti. The van der Waals surface area contributed by atoms with E-state index in [0.717, 1.165) is 5.92 Å². The molecule has 0 bridgehead atoms. The molecule has 1 fully saturated rings. The van der Waals surface area contributed by atoms with Crippen LogP contribution in [0.2, 0.25) is 9.45 Å². The zero-order valence-corrected chi connectivity index (χ0v) is 16.2. The third-order valence-electron chi connectivity index (χ3n) is 5.65. The van der Waals surface area contributed by atoms with Crippen molar-refractivity contribution in [3.8, 4) is 0 Å². The Bertz CT molecular complexity index is 545. The molecule has 0 N–H and O–H groups in total. The van der Waals surface area contributed by atoms with Gasteiger partial charge >= 0.3 is 115 Å². The maximum absolute atomic E-state index is 2.45. The van der Waals surface area contributed by atoms with Gasteiger partial charge in [0.15, 0.2) is 0 Å². The van der Waals surface area contributed by atoms with Crippen molar-refractivity contribution in [1.29, 1.82) is 0 Å². The van der Waals surface area contributed by atoms with Gasteiger partial charge in [0, 0.05) is 0 Å². The zero-order valence-electron chi connectivity index (χ0n) is 13.1. The van der Waals surface area contributed by atoms with Gasteiger partial charge in [-0.1, -0.05) is 0 Å². The smallest absolute Gasteiger partial charge is 1.00 e. The average Bonchev–Trinajstić information content (AvgIpc) is 2.97. The van der Waals surface area contributed by atoms with Gasteiger partial charge in [-0.05, 0) is 0 Å². The molecule has 1 atom stereocenters. The Labute approximate surface area is 139 Å². The Balaban J connectivity index is 0.000001000. The number of allylic oxidation sites excluding steroid dienone is 8. The van der Waals surface area contributed by atoms with Crippen LogP contribution < -0.4 is 24.8 Å². The van der Waals surface area contributed by atoms with Crippen LogP contribution in [0.4, 0.5) is 0 Å². The van der Waals surface area contributed by atoms with Crippen molar-refractivity contribution in [3.05, 3.63) is 42.2 Å². The van der Waals surface area contributed by atoms with Crippen LogP contribution in [-0.2, 0) is 16.6 Å². The summed E-state index contributed by atoms with van der Waals surface area (Å²) in [5.41, 5.74) is 6.52. The first-order valence-electron chi connectivity index (χ1n) is 7.25. The van der Waals surface area contributed by atoms with E-state index < -0.39 is 16.6 Å². The SMILES string of the molecule is CC1=[C]([Ti+2]2([C]3=C(C)C(C)=C(C)C3C)[CH2][CH2]2)CC=C1.[Cl-].[Cl-]. The van der Waals surface area contributed by atoms with E-state index in [0.29, 0.717) is 0 Å². The van der Waals surface area contributed by atoms with E-state index >= 15 is 0 Å². The molecule has 1 aliphatic heterocycles. The van der Waals surface area contributed by atoms with Crippen molar-refractivity contribution < 1.29 is 41.4 Å². The second kappa shape index (κ2) is 6.17. The fraction of sp³-hybridized carbons (Fsp3) is 0.529. The van der Waals surface area contributed by atoms with Crippen molar-refractivity contribution in [2.24, 2.45) is 5.92 Å². The molecule has 0 amide bonds. The van der Waals surface area contributed by atoms with Crippen LogP contribution in [-0.4, -0.2) is 0 Å². The van der Waals surface area contributed by atoms with E-state index in [1.165, 1.54) is 6.42 Å². The summed E-state index contributed by atoms with van der Waals surface area (Å²) >= 11 is -1.78. The van der Waals surface area contributed by atoms with Crippen LogP contribution in [0, 0.1) is 5.92 Å². The summed E-state index contributed by atoms with van der Waals surface area (Å²) in [5.74, 6) is 0.744. The molecule has 3 aliphatic rings. The Morgan fingerprint density at radius 3 is 1.95 bits per heavy atom. The van der Waals surface area contributed by atoms with Crippen molar-refractivity contribution in [2.45, 2.75) is 50.5 Å². The van der Waals surface area contributed by atoms with Gasteiger partial charge in [0.1, 0.15) is 0 Å². The standard InChI is InChI=1S/C9H13.C6H7.C2H4.2ClH.Ti/c1-6-5-7(2)9(4)8(6)3;1-6-4-2-3-5-6;1-2;;;/h6H,1-4H3;2,4H,3H2,1H3;1-2H2;2*1H;/q;;;;;+2/p-2. The van der Waals surface area contributed by atoms with E-state index in [1.807, 2.05) is 7.76 Å². The molecule has 0 aromatic carbocycles. The minimum absolute atomic E-state index is 0. The van der Waals surface area contributed by atoms with Gasteiger partial charge in [-0.3, -0.25) is 0 Å². The van der Waals surface area contributed by atoms with Crippen molar-refractivity contribution in [2.75, 3.05) is 0 Å². The molecule has 110 valence electrons. The Kier molecular flexibility index (Phi) is 5.64. The van der Waals surface area contributed by atoms with Gasteiger partial charge in [0.05, 0.1) is 0 Å². The molecule has 0 aromatic rings. The van der Waals surface area contributed by atoms with E-state index in [-0.39, 0.29) is 24.8 Å². The first kappa shape index (κ1) is 18.3. The number of rotatable bonds is 2.